The molecule has 2 N–H and O–H groups in total. The SMILES string of the molecule is CN1CCN(C)C(CNc2cc(Cl)ccc2C(=O)O)C1. The maximum Gasteiger partial charge on any atom is 0.337 e. The maximum atomic E-state index is 11.2. The van der Waals surface area contributed by atoms with E-state index >= 15 is 0 Å². The van der Waals surface area contributed by atoms with Gasteiger partial charge in [-0.25, -0.2) is 4.79 Å². The van der Waals surface area contributed by atoms with Crippen LogP contribution in [0.5, 0.6) is 0 Å². The van der Waals surface area contributed by atoms with Crippen molar-refractivity contribution in [3.63, 3.8) is 0 Å². The van der Waals surface area contributed by atoms with Crippen LogP contribution in [-0.4, -0.2) is 67.2 Å². The van der Waals surface area contributed by atoms with Crippen molar-refractivity contribution in [2.75, 3.05) is 45.6 Å². The molecule has 1 fully saturated rings. The van der Waals surface area contributed by atoms with Crippen molar-refractivity contribution in [1.29, 1.82) is 0 Å². The third-order valence-corrected chi connectivity index (χ3v) is 3.96. The second kappa shape index (κ2) is 6.43. The summed E-state index contributed by atoms with van der Waals surface area (Å²) < 4.78 is 0. The fourth-order valence-electron chi connectivity index (χ4n) is 2.40. The average molecular weight is 298 g/mol. The zero-order valence-corrected chi connectivity index (χ0v) is 12.5. The summed E-state index contributed by atoms with van der Waals surface area (Å²) in [6.45, 7) is 3.74. The molecule has 1 unspecified atom stereocenters. The zero-order valence-electron chi connectivity index (χ0n) is 11.8. The van der Waals surface area contributed by atoms with Gasteiger partial charge in [0.1, 0.15) is 0 Å². The van der Waals surface area contributed by atoms with E-state index in [0.717, 1.165) is 19.6 Å². The number of likely N-dealkylation sites (N-methyl/N-ethyl adjacent to an activating group) is 2. The number of nitrogens with zero attached hydrogens (tertiary/aromatic N) is 2. The number of halogens is 1. The molecule has 1 heterocycles. The Balaban J connectivity index is 2.06. The van der Waals surface area contributed by atoms with E-state index in [1.165, 1.54) is 6.07 Å². The molecule has 110 valence electrons. The predicted octanol–water partition coefficient (Wildman–Crippen LogP) is 1.70. The first-order valence-corrected chi connectivity index (χ1v) is 7.00. The minimum atomic E-state index is -0.946. The van der Waals surface area contributed by atoms with Gasteiger partial charge in [0.15, 0.2) is 0 Å². The van der Waals surface area contributed by atoms with Crippen molar-refractivity contribution in [3.05, 3.63) is 28.8 Å². The highest BCUT2D eigenvalue weighted by Crippen LogP contribution is 2.21. The van der Waals surface area contributed by atoms with E-state index in [9.17, 15) is 9.90 Å². The quantitative estimate of drug-likeness (QED) is 0.886. The van der Waals surface area contributed by atoms with Gasteiger partial charge in [0, 0.05) is 37.2 Å². The van der Waals surface area contributed by atoms with Crippen LogP contribution in [0.3, 0.4) is 0 Å². The maximum absolute atomic E-state index is 11.2. The summed E-state index contributed by atoms with van der Waals surface area (Å²) >= 11 is 5.94. The van der Waals surface area contributed by atoms with E-state index in [0.29, 0.717) is 23.3 Å². The summed E-state index contributed by atoms with van der Waals surface area (Å²) in [5.74, 6) is -0.946. The lowest BCUT2D eigenvalue weighted by Crippen LogP contribution is -2.52. The molecule has 0 saturated carbocycles. The highest BCUT2D eigenvalue weighted by atomic mass is 35.5. The largest absolute Gasteiger partial charge is 0.478 e. The second-order valence-electron chi connectivity index (χ2n) is 5.27. The Morgan fingerprint density at radius 1 is 1.45 bits per heavy atom. The lowest BCUT2D eigenvalue weighted by Gasteiger charge is -2.38. The van der Waals surface area contributed by atoms with Crippen LogP contribution in [0.2, 0.25) is 5.02 Å². The Hall–Kier alpha value is -1.30. The number of benzene rings is 1. The lowest BCUT2D eigenvalue weighted by molar-refractivity contribution is 0.0698. The van der Waals surface area contributed by atoms with Crippen LogP contribution >= 0.6 is 11.6 Å². The Kier molecular flexibility index (Phi) is 4.86. The molecule has 1 aliphatic rings. The van der Waals surface area contributed by atoms with Gasteiger partial charge in [-0.2, -0.15) is 0 Å². The Labute approximate surface area is 124 Å². The minimum Gasteiger partial charge on any atom is -0.478 e. The van der Waals surface area contributed by atoms with Gasteiger partial charge in [-0.15, -0.1) is 0 Å². The van der Waals surface area contributed by atoms with Gasteiger partial charge in [0.25, 0.3) is 0 Å². The first-order valence-electron chi connectivity index (χ1n) is 6.63. The molecule has 1 aromatic carbocycles. The number of piperazine rings is 1. The smallest absolute Gasteiger partial charge is 0.337 e. The second-order valence-corrected chi connectivity index (χ2v) is 5.71. The number of carboxylic acid groups (broad SMARTS) is 1. The number of carbonyl (C=O) groups is 1. The summed E-state index contributed by atoms with van der Waals surface area (Å²) in [4.78, 5) is 15.8. The van der Waals surface area contributed by atoms with E-state index in [2.05, 4.69) is 29.2 Å². The van der Waals surface area contributed by atoms with Crippen LogP contribution in [0.4, 0.5) is 5.69 Å². The Morgan fingerprint density at radius 2 is 2.20 bits per heavy atom. The van der Waals surface area contributed by atoms with Crippen LogP contribution in [0.25, 0.3) is 0 Å². The molecule has 5 nitrogen and oxygen atoms in total. The fourth-order valence-corrected chi connectivity index (χ4v) is 2.57. The van der Waals surface area contributed by atoms with Gasteiger partial charge in [0.2, 0.25) is 0 Å². The molecular formula is C14H20ClN3O2. The molecule has 1 aromatic rings. The van der Waals surface area contributed by atoms with Gasteiger partial charge in [-0.1, -0.05) is 11.6 Å². The standard InChI is InChI=1S/C14H20ClN3O2/c1-17-5-6-18(2)11(9-17)8-16-13-7-10(15)3-4-12(13)14(19)20/h3-4,7,11,16H,5-6,8-9H2,1-2H3,(H,19,20). The first-order chi connectivity index (χ1) is 9.47. The minimum absolute atomic E-state index is 0.251. The van der Waals surface area contributed by atoms with Crippen molar-refractivity contribution in [1.82, 2.24) is 9.80 Å². The van der Waals surface area contributed by atoms with Crippen LogP contribution < -0.4 is 5.32 Å². The molecule has 0 aromatic heterocycles. The van der Waals surface area contributed by atoms with E-state index < -0.39 is 5.97 Å². The summed E-state index contributed by atoms with van der Waals surface area (Å²) in [7, 11) is 4.19. The Bertz CT molecular complexity index is 495. The van der Waals surface area contributed by atoms with Gasteiger partial charge in [0.05, 0.1) is 11.3 Å². The van der Waals surface area contributed by atoms with E-state index in [4.69, 9.17) is 11.6 Å². The highest BCUT2D eigenvalue weighted by Gasteiger charge is 2.22. The molecule has 0 spiro atoms. The number of anilines is 1. The molecule has 0 radical (unpaired) electrons. The van der Waals surface area contributed by atoms with Crippen molar-refractivity contribution in [2.45, 2.75) is 6.04 Å². The van der Waals surface area contributed by atoms with E-state index in [1.807, 2.05) is 0 Å². The number of hydrogen-bond donors (Lipinski definition) is 2. The lowest BCUT2D eigenvalue weighted by atomic mass is 10.1. The molecule has 0 bridgehead atoms. The first kappa shape index (κ1) is 15.1. The third kappa shape index (κ3) is 3.62. The van der Waals surface area contributed by atoms with Crippen LogP contribution in [0.15, 0.2) is 18.2 Å². The van der Waals surface area contributed by atoms with Gasteiger partial charge in [-0.05, 0) is 32.3 Å². The van der Waals surface area contributed by atoms with Crippen molar-refractivity contribution in [2.24, 2.45) is 0 Å². The average Bonchev–Trinajstić information content (AvgIpc) is 2.39. The van der Waals surface area contributed by atoms with E-state index in [1.54, 1.807) is 12.1 Å². The monoisotopic (exact) mass is 297 g/mol. The molecule has 2 rings (SSSR count). The van der Waals surface area contributed by atoms with Gasteiger partial charge in [-0.3, -0.25) is 4.90 Å². The highest BCUT2D eigenvalue weighted by molar-refractivity contribution is 6.31. The number of hydrogen-bond acceptors (Lipinski definition) is 4. The number of rotatable bonds is 4. The molecule has 20 heavy (non-hydrogen) atoms. The van der Waals surface area contributed by atoms with Crippen molar-refractivity contribution in [3.8, 4) is 0 Å². The number of aromatic carboxylic acids is 1. The fraction of sp³-hybridized carbons (Fsp3) is 0.500. The number of nitrogens with one attached hydrogen (secondary N) is 1. The summed E-state index contributed by atoms with van der Waals surface area (Å²) in [5, 5.41) is 12.9. The van der Waals surface area contributed by atoms with E-state index in [-0.39, 0.29) is 5.56 Å². The van der Waals surface area contributed by atoms with Gasteiger partial charge < -0.3 is 15.3 Å². The topological polar surface area (TPSA) is 55.8 Å². The summed E-state index contributed by atoms with van der Waals surface area (Å²) in [6.07, 6.45) is 0. The molecule has 1 aliphatic heterocycles. The summed E-state index contributed by atoms with van der Waals surface area (Å²) in [5.41, 5.74) is 0.827. The van der Waals surface area contributed by atoms with Crippen LogP contribution in [-0.2, 0) is 0 Å². The normalized spacial score (nSPS) is 20.9. The molecule has 0 aliphatic carbocycles. The van der Waals surface area contributed by atoms with Gasteiger partial charge >= 0.3 is 5.97 Å². The third-order valence-electron chi connectivity index (χ3n) is 3.72. The summed E-state index contributed by atoms with van der Waals surface area (Å²) in [6, 6.07) is 5.15. The molecular weight excluding hydrogens is 278 g/mol. The van der Waals surface area contributed by atoms with Crippen molar-refractivity contribution >= 4 is 23.3 Å². The Morgan fingerprint density at radius 3 is 2.90 bits per heavy atom. The molecule has 1 saturated heterocycles. The molecule has 6 heteroatoms. The molecule has 0 amide bonds. The number of carboxylic acids is 1. The van der Waals surface area contributed by atoms with Crippen molar-refractivity contribution < 1.29 is 9.90 Å². The zero-order chi connectivity index (χ0) is 14.7. The van der Waals surface area contributed by atoms with Crippen LogP contribution in [0, 0.1) is 0 Å². The van der Waals surface area contributed by atoms with Crippen LogP contribution in [0.1, 0.15) is 10.4 Å². The molecule has 1 atom stereocenters. The predicted molar refractivity (Wildman–Crippen MR) is 80.8 cm³/mol.